The topological polar surface area (TPSA) is 64.6 Å². The highest BCUT2D eigenvalue weighted by molar-refractivity contribution is 5.81. The Morgan fingerprint density at radius 2 is 1.58 bits per heavy atom. The van der Waals surface area contributed by atoms with Crippen molar-refractivity contribution in [3.8, 4) is 0 Å². The molecular formula is C21H23NO4. The number of alkyl carbamates (subject to hydrolysis) is 1. The number of methoxy groups -OCH3 is 1. The van der Waals surface area contributed by atoms with E-state index < -0.39 is 18.1 Å². The van der Waals surface area contributed by atoms with E-state index in [0.717, 1.165) is 16.7 Å². The van der Waals surface area contributed by atoms with E-state index >= 15 is 0 Å². The smallest absolute Gasteiger partial charge is 0.408 e. The molecule has 0 aliphatic rings. The highest BCUT2D eigenvalue weighted by atomic mass is 16.6. The first-order chi connectivity index (χ1) is 12.6. The second-order valence-corrected chi connectivity index (χ2v) is 5.90. The van der Waals surface area contributed by atoms with Gasteiger partial charge in [0.25, 0.3) is 0 Å². The number of rotatable bonds is 8. The average Bonchev–Trinajstić information content (AvgIpc) is 2.66. The van der Waals surface area contributed by atoms with Crippen molar-refractivity contribution in [2.45, 2.75) is 25.5 Å². The van der Waals surface area contributed by atoms with Gasteiger partial charge in [0, 0.05) is 0 Å². The summed E-state index contributed by atoms with van der Waals surface area (Å²) in [4.78, 5) is 24.0. The fourth-order valence-corrected chi connectivity index (χ4v) is 2.49. The molecule has 2 aromatic carbocycles. The molecule has 0 saturated heterocycles. The van der Waals surface area contributed by atoms with E-state index in [1.165, 1.54) is 7.11 Å². The van der Waals surface area contributed by atoms with Crippen LogP contribution in [-0.4, -0.2) is 25.2 Å². The Kier molecular flexibility index (Phi) is 7.43. The van der Waals surface area contributed by atoms with Gasteiger partial charge in [-0.1, -0.05) is 72.8 Å². The maximum Gasteiger partial charge on any atom is 0.408 e. The fourth-order valence-electron chi connectivity index (χ4n) is 2.49. The Morgan fingerprint density at radius 1 is 1.00 bits per heavy atom. The van der Waals surface area contributed by atoms with Crippen LogP contribution in [0, 0.1) is 0 Å². The predicted molar refractivity (Wildman–Crippen MR) is 99.5 cm³/mol. The number of carbonyl (C=O) groups excluding carboxylic acids is 2. The molecule has 0 aliphatic carbocycles. The summed E-state index contributed by atoms with van der Waals surface area (Å²) >= 11 is 0. The van der Waals surface area contributed by atoms with E-state index in [4.69, 9.17) is 9.47 Å². The highest BCUT2D eigenvalue weighted by Gasteiger charge is 2.23. The molecule has 1 N–H and O–H groups in total. The van der Waals surface area contributed by atoms with E-state index in [9.17, 15) is 9.59 Å². The van der Waals surface area contributed by atoms with Gasteiger partial charge in [0.05, 0.1) is 7.11 Å². The fraction of sp³-hybridized carbons (Fsp3) is 0.238. The summed E-state index contributed by atoms with van der Waals surface area (Å²) in [6.07, 6.45) is 0.230. The van der Waals surface area contributed by atoms with Crippen LogP contribution in [0.15, 0.2) is 72.8 Å². The normalized spacial score (nSPS) is 11.3. The molecule has 1 unspecified atom stereocenters. The van der Waals surface area contributed by atoms with Crippen molar-refractivity contribution in [1.29, 1.82) is 0 Å². The van der Waals surface area contributed by atoms with Gasteiger partial charge < -0.3 is 14.8 Å². The molecule has 26 heavy (non-hydrogen) atoms. The molecule has 2 rings (SSSR count). The molecule has 0 bridgehead atoms. The minimum absolute atomic E-state index is 0.130. The lowest BCUT2D eigenvalue weighted by atomic mass is 10.0. The third-order valence-corrected chi connectivity index (χ3v) is 3.78. The third kappa shape index (κ3) is 6.43. The number of hydrogen-bond donors (Lipinski definition) is 1. The quantitative estimate of drug-likeness (QED) is 0.581. The molecule has 5 heteroatoms. The van der Waals surface area contributed by atoms with Gasteiger partial charge in [-0.15, -0.1) is 0 Å². The molecule has 1 atom stereocenters. The zero-order valence-corrected chi connectivity index (χ0v) is 14.8. The molecule has 2 aromatic rings. The molecule has 1 amide bonds. The number of nitrogens with one attached hydrogen (secondary N) is 1. The lowest BCUT2D eigenvalue weighted by molar-refractivity contribution is -0.143. The minimum Gasteiger partial charge on any atom is -0.467 e. The van der Waals surface area contributed by atoms with Crippen molar-refractivity contribution in [3.05, 3.63) is 83.9 Å². The standard InChI is InChI=1S/C21H23NO4/c1-16(13-17-9-5-3-6-10-17)14-19(20(23)25-2)22-21(24)26-15-18-11-7-4-8-12-18/h3-12,19H,1,13-15H2,2H3,(H,22,24). The number of amides is 1. The number of esters is 1. The van der Waals surface area contributed by atoms with E-state index in [-0.39, 0.29) is 13.0 Å². The first kappa shape index (κ1) is 19.2. The van der Waals surface area contributed by atoms with Crippen molar-refractivity contribution in [2.24, 2.45) is 0 Å². The van der Waals surface area contributed by atoms with Gasteiger partial charge >= 0.3 is 12.1 Å². The van der Waals surface area contributed by atoms with Gasteiger partial charge in [-0.2, -0.15) is 0 Å². The van der Waals surface area contributed by atoms with E-state index in [1.807, 2.05) is 60.7 Å². The second kappa shape index (κ2) is 10.0. The monoisotopic (exact) mass is 353 g/mol. The van der Waals surface area contributed by atoms with Gasteiger partial charge in [-0.05, 0) is 24.0 Å². The van der Waals surface area contributed by atoms with Gasteiger partial charge in [0.1, 0.15) is 12.6 Å². The van der Waals surface area contributed by atoms with Crippen LogP contribution >= 0.6 is 0 Å². The Balaban J connectivity index is 1.88. The first-order valence-corrected chi connectivity index (χ1v) is 8.34. The van der Waals surface area contributed by atoms with Crippen molar-refractivity contribution in [3.63, 3.8) is 0 Å². The zero-order chi connectivity index (χ0) is 18.8. The lowest BCUT2D eigenvalue weighted by Crippen LogP contribution is -2.42. The Morgan fingerprint density at radius 3 is 2.15 bits per heavy atom. The zero-order valence-electron chi connectivity index (χ0n) is 14.8. The Labute approximate surface area is 153 Å². The van der Waals surface area contributed by atoms with Gasteiger partial charge in [-0.3, -0.25) is 0 Å². The average molecular weight is 353 g/mol. The number of carbonyl (C=O) groups is 2. The number of ether oxygens (including phenoxy) is 2. The number of hydrogen-bond acceptors (Lipinski definition) is 4. The minimum atomic E-state index is -0.834. The van der Waals surface area contributed by atoms with Crippen LogP contribution in [0.1, 0.15) is 17.5 Å². The summed E-state index contributed by atoms with van der Waals surface area (Å²) in [6.45, 7) is 4.14. The molecule has 0 fully saturated rings. The molecule has 0 radical (unpaired) electrons. The molecule has 5 nitrogen and oxygen atoms in total. The van der Waals surface area contributed by atoms with Crippen molar-refractivity contribution in [1.82, 2.24) is 5.32 Å². The summed E-state index contributed by atoms with van der Waals surface area (Å²) in [5.41, 5.74) is 2.77. The molecule has 0 heterocycles. The summed E-state index contributed by atoms with van der Waals surface area (Å²) in [5, 5.41) is 2.56. The maximum atomic E-state index is 12.0. The maximum absolute atomic E-state index is 12.0. The second-order valence-electron chi connectivity index (χ2n) is 5.90. The SMILES string of the molecule is C=C(Cc1ccccc1)CC(NC(=O)OCc1ccccc1)C(=O)OC. The lowest BCUT2D eigenvalue weighted by Gasteiger charge is -2.18. The van der Waals surface area contributed by atoms with Crippen molar-refractivity contribution in [2.75, 3.05) is 7.11 Å². The van der Waals surface area contributed by atoms with Gasteiger partial charge in [-0.25, -0.2) is 9.59 Å². The highest BCUT2D eigenvalue weighted by Crippen LogP contribution is 2.13. The van der Waals surface area contributed by atoms with Gasteiger partial charge in [0.15, 0.2) is 0 Å². The summed E-state index contributed by atoms with van der Waals surface area (Å²) in [5.74, 6) is -0.532. The molecule has 0 aromatic heterocycles. The van der Waals surface area contributed by atoms with Crippen LogP contribution in [0.3, 0.4) is 0 Å². The van der Waals surface area contributed by atoms with Crippen molar-refractivity contribution < 1.29 is 19.1 Å². The number of benzene rings is 2. The molecule has 0 aliphatic heterocycles. The summed E-state index contributed by atoms with van der Waals surface area (Å²) in [7, 11) is 1.28. The van der Waals surface area contributed by atoms with Crippen LogP contribution in [0.5, 0.6) is 0 Å². The molecule has 136 valence electrons. The van der Waals surface area contributed by atoms with E-state index in [1.54, 1.807) is 0 Å². The van der Waals surface area contributed by atoms with Crippen LogP contribution in [-0.2, 0) is 27.3 Å². The van der Waals surface area contributed by atoms with E-state index in [0.29, 0.717) is 6.42 Å². The summed E-state index contributed by atoms with van der Waals surface area (Å²) in [6, 6.07) is 18.3. The summed E-state index contributed by atoms with van der Waals surface area (Å²) < 4.78 is 9.94. The van der Waals surface area contributed by atoms with Crippen molar-refractivity contribution >= 4 is 12.1 Å². The predicted octanol–water partition coefficient (Wildman–Crippen LogP) is 3.64. The Bertz CT molecular complexity index is 728. The third-order valence-electron chi connectivity index (χ3n) is 3.78. The van der Waals surface area contributed by atoms with Crippen LogP contribution in [0.2, 0.25) is 0 Å². The molecule has 0 spiro atoms. The first-order valence-electron chi connectivity index (χ1n) is 8.34. The molecular weight excluding hydrogens is 330 g/mol. The van der Waals surface area contributed by atoms with Crippen LogP contribution < -0.4 is 5.32 Å². The molecule has 0 saturated carbocycles. The van der Waals surface area contributed by atoms with Crippen LogP contribution in [0.25, 0.3) is 0 Å². The van der Waals surface area contributed by atoms with Crippen LogP contribution in [0.4, 0.5) is 4.79 Å². The largest absolute Gasteiger partial charge is 0.467 e. The van der Waals surface area contributed by atoms with Gasteiger partial charge in [0.2, 0.25) is 0 Å². The Hall–Kier alpha value is -3.08. The van der Waals surface area contributed by atoms with E-state index in [2.05, 4.69) is 11.9 Å².